The molecule has 3 aromatic rings. The van der Waals surface area contributed by atoms with Gasteiger partial charge >= 0.3 is 0 Å². The number of fused-ring (bicyclic) bond motifs is 2. The average Bonchev–Trinajstić information content (AvgIpc) is 2.67. The maximum absolute atomic E-state index is 13.1. The van der Waals surface area contributed by atoms with Crippen LogP contribution in [-0.2, 0) is 16.6 Å². The molecule has 1 N–H and O–H groups in total. The van der Waals surface area contributed by atoms with Gasteiger partial charge in [0.05, 0.1) is 16.8 Å². The van der Waals surface area contributed by atoms with Crippen LogP contribution in [0.25, 0.3) is 10.9 Å². The Balaban J connectivity index is 1.91. The fourth-order valence-electron chi connectivity index (χ4n) is 3.33. The minimum absolute atomic E-state index is 0.0627. The van der Waals surface area contributed by atoms with Crippen LogP contribution in [0, 0.1) is 5.92 Å². The van der Waals surface area contributed by atoms with Crippen LogP contribution >= 0.6 is 0 Å². The lowest BCUT2D eigenvalue weighted by atomic mass is 10.1. The van der Waals surface area contributed by atoms with Gasteiger partial charge in [-0.15, -0.1) is 4.40 Å². The first-order valence-corrected chi connectivity index (χ1v) is 10.6. The second kappa shape index (κ2) is 6.91. The lowest BCUT2D eigenvalue weighted by molar-refractivity contribution is 0.522. The highest BCUT2D eigenvalue weighted by Gasteiger charge is 2.26. The number of aromatic nitrogens is 1. The summed E-state index contributed by atoms with van der Waals surface area (Å²) >= 11 is 0. The molecule has 2 aromatic carbocycles. The molecule has 1 aromatic heterocycles. The van der Waals surface area contributed by atoms with E-state index in [-0.39, 0.29) is 21.7 Å². The third-order valence-corrected chi connectivity index (χ3v) is 6.15. The molecular formula is C21H21N3O3S. The Morgan fingerprint density at radius 1 is 1.07 bits per heavy atom. The number of hydrogen-bond donors (Lipinski definition) is 1. The maximum atomic E-state index is 13.1. The predicted molar refractivity (Wildman–Crippen MR) is 111 cm³/mol. The number of anilines is 1. The van der Waals surface area contributed by atoms with Crippen LogP contribution in [0.4, 0.5) is 5.69 Å². The topological polar surface area (TPSA) is 80.5 Å². The van der Waals surface area contributed by atoms with E-state index in [0.29, 0.717) is 17.0 Å². The minimum Gasteiger partial charge on any atom is -0.346 e. The highest BCUT2D eigenvalue weighted by Crippen LogP contribution is 2.28. The van der Waals surface area contributed by atoms with Gasteiger partial charge in [-0.3, -0.25) is 4.79 Å². The van der Waals surface area contributed by atoms with Crippen molar-refractivity contribution in [3.8, 4) is 0 Å². The van der Waals surface area contributed by atoms with Crippen molar-refractivity contribution in [3.05, 3.63) is 70.5 Å². The SMILES string of the molecule is CC(C)CCn1cc(C2=NS(=O)(=O)c3ccccc3N2)c(=O)c2ccccc21. The third kappa shape index (κ3) is 3.22. The van der Waals surface area contributed by atoms with Crippen molar-refractivity contribution in [2.45, 2.75) is 31.7 Å². The predicted octanol–water partition coefficient (Wildman–Crippen LogP) is 3.61. The molecule has 0 fully saturated rings. The van der Waals surface area contributed by atoms with Gasteiger partial charge < -0.3 is 9.88 Å². The van der Waals surface area contributed by atoms with Crippen molar-refractivity contribution in [2.24, 2.45) is 10.3 Å². The van der Waals surface area contributed by atoms with Gasteiger partial charge in [-0.25, -0.2) is 0 Å². The number of aryl methyl sites for hydroxylation is 1. The van der Waals surface area contributed by atoms with Gasteiger partial charge in [0.15, 0.2) is 11.3 Å². The molecule has 144 valence electrons. The summed E-state index contributed by atoms with van der Waals surface area (Å²) in [6.45, 7) is 5.01. The van der Waals surface area contributed by atoms with Gasteiger partial charge in [0, 0.05) is 18.1 Å². The molecule has 2 heterocycles. The Morgan fingerprint density at radius 3 is 2.57 bits per heavy atom. The number of rotatable bonds is 4. The zero-order valence-electron chi connectivity index (χ0n) is 15.7. The number of nitrogens with one attached hydrogen (secondary N) is 1. The number of hydrogen-bond acceptors (Lipinski definition) is 4. The molecule has 0 radical (unpaired) electrons. The van der Waals surface area contributed by atoms with Crippen LogP contribution in [0.15, 0.2) is 68.8 Å². The summed E-state index contributed by atoms with van der Waals surface area (Å²) in [7, 11) is -3.87. The number of nitrogens with zero attached hydrogens (tertiary/aromatic N) is 2. The average molecular weight is 395 g/mol. The van der Waals surface area contributed by atoms with Gasteiger partial charge in [0.25, 0.3) is 10.0 Å². The molecule has 0 spiro atoms. The second-order valence-corrected chi connectivity index (χ2v) is 8.87. The fraction of sp³-hybridized carbons (Fsp3) is 0.238. The Hall–Kier alpha value is -2.93. The quantitative estimate of drug-likeness (QED) is 0.732. The van der Waals surface area contributed by atoms with Crippen molar-refractivity contribution >= 4 is 32.4 Å². The molecule has 4 rings (SSSR count). The first-order chi connectivity index (χ1) is 13.4. The van der Waals surface area contributed by atoms with E-state index in [1.807, 2.05) is 22.8 Å². The number of para-hydroxylation sites is 2. The Bertz CT molecular complexity index is 1260. The molecular weight excluding hydrogens is 374 g/mol. The lowest BCUT2D eigenvalue weighted by Gasteiger charge is -2.20. The van der Waals surface area contributed by atoms with Gasteiger partial charge in [-0.1, -0.05) is 38.1 Å². The smallest absolute Gasteiger partial charge is 0.286 e. The molecule has 0 bridgehead atoms. The molecule has 0 aliphatic carbocycles. The van der Waals surface area contributed by atoms with Crippen LogP contribution < -0.4 is 10.7 Å². The number of sulfonamides is 1. The van der Waals surface area contributed by atoms with Crippen molar-refractivity contribution in [1.82, 2.24) is 4.57 Å². The van der Waals surface area contributed by atoms with E-state index in [9.17, 15) is 13.2 Å². The summed E-state index contributed by atoms with van der Waals surface area (Å²) in [5.41, 5.74) is 1.27. The summed E-state index contributed by atoms with van der Waals surface area (Å²) < 4.78 is 31.1. The van der Waals surface area contributed by atoms with E-state index in [2.05, 4.69) is 23.6 Å². The zero-order valence-corrected chi connectivity index (χ0v) is 16.5. The summed E-state index contributed by atoms with van der Waals surface area (Å²) in [4.78, 5) is 13.2. The highest BCUT2D eigenvalue weighted by atomic mass is 32.2. The first-order valence-electron chi connectivity index (χ1n) is 9.20. The molecule has 0 amide bonds. The van der Waals surface area contributed by atoms with Crippen LogP contribution in [0.3, 0.4) is 0 Å². The summed E-state index contributed by atoms with van der Waals surface area (Å²) in [5, 5.41) is 3.57. The second-order valence-electron chi connectivity index (χ2n) is 7.30. The standard InChI is InChI=1S/C21H21N3O3S/c1-14(2)11-12-24-13-16(20(25)15-7-3-5-9-18(15)24)21-22-17-8-4-6-10-19(17)28(26,27)23-21/h3-10,13-14H,11-12H2,1-2H3,(H,22,23). The van der Waals surface area contributed by atoms with Crippen molar-refractivity contribution in [1.29, 1.82) is 0 Å². The van der Waals surface area contributed by atoms with Crippen molar-refractivity contribution in [3.63, 3.8) is 0 Å². The Labute approximate surface area is 163 Å². The third-order valence-electron chi connectivity index (χ3n) is 4.82. The summed E-state index contributed by atoms with van der Waals surface area (Å²) in [6.07, 6.45) is 2.65. The van der Waals surface area contributed by atoms with E-state index in [4.69, 9.17) is 0 Å². The Kier molecular flexibility index (Phi) is 4.55. The molecule has 7 heteroatoms. The maximum Gasteiger partial charge on any atom is 0.286 e. The van der Waals surface area contributed by atoms with Gasteiger partial charge in [0.2, 0.25) is 0 Å². The van der Waals surface area contributed by atoms with Crippen LogP contribution in [0.1, 0.15) is 25.8 Å². The summed E-state index contributed by atoms with van der Waals surface area (Å²) in [6, 6.07) is 13.9. The van der Waals surface area contributed by atoms with Crippen molar-refractivity contribution in [2.75, 3.05) is 5.32 Å². The number of pyridine rings is 1. The van der Waals surface area contributed by atoms with E-state index < -0.39 is 10.0 Å². The molecule has 0 unspecified atom stereocenters. The van der Waals surface area contributed by atoms with Gasteiger partial charge in [-0.2, -0.15) is 8.42 Å². The largest absolute Gasteiger partial charge is 0.346 e. The molecule has 0 atom stereocenters. The Morgan fingerprint density at radius 2 is 1.79 bits per heavy atom. The lowest BCUT2D eigenvalue weighted by Crippen LogP contribution is -2.29. The zero-order chi connectivity index (χ0) is 19.9. The molecule has 0 saturated carbocycles. The van der Waals surface area contributed by atoms with Crippen LogP contribution in [0.5, 0.6) is 0 Å². The molecule has 0 saturated heterocycles. The monoisotopic (exact) mass is 395 g/mol. The van der Waals surface area contributed by atoms with Crippen molar-refractivity contribution < 1.29 is 8.42 Å². The highest BCUT2D eigenvalue weighted by molar-refractivity contribution is 7.90. The molecule has 1 aliphatic rings. The van der Waals surface area contributed by atoms with Gasteiger partial charge in [-0.05, 0) is 36.6 Å². The summed E-state index contributed by atoms with van der Waals surface area (Å²) in [5.74, 6) is 0.562. The van der Waals surface area contributed by atoms with Gasteiger partial charge in [0.1, 0.15) is 4.90 Å². The van der Waals surface area contributed by atoms with Crippen LogP contribution in [-0.4, -0.2) is 18.8 Å². The number of amidine groups is 1. The van der Waals surface area contributed by atoms with Crippen LogP contribution in [0.2, 0.25) is 0 Å². The molecule has 1 aliphatic heterocycles. The molecule has 28 heavy (non-hydrogen) atoms. The minimum atomic E-state index is -3.87. The normalized spacial score (nSPS) is 15.2. The molecule has 6 nitrogen and oxygen atoms in total. The fourth-order valence-corrected chi connectivity index (χ4v) is 4.46. The van der Waals surface area contributed by atoms with E-state index in [1.165, 1.54) is 6.07 Å². The number of benzene rings is 2. The van der Waals surface area contributed by atoms with E-state index in [0.717, 1.165) is 18.5 Å². The first kappa shape index (κ1) is 18.4. The van der Waals surface area contributed by atoms with E-state index in [1.54, 1.807) is 30.5 Å². The van der Waals surface area contributed by atoms with E-state index >= 15 is 0 Å².